The molecular formula is C22H16N2S. The molecule has 0 N–H and O–H groups in total. The number of rotatable bonds is 4. The zero-order valence-electron chi connectivity index (χ0n) is 13.5. The van der Waals surface area contributed by atoms with Gasteiger partial charge in [0.2, 0.25) is 0 Å². The van der Waals surface area contributed by atoms with Crippen molar-refractivity contribution in [2.24, 2.45) is 0 Å². The Morgan fingerprint density at radius 1 is 0.720 bits per heavy atom. The van der Waals surface area contributed by atoms with Gasteiger partial charge in [-0.1, -0.05) is 72.8 Å². The van der Waals surface area contributed by atoms with E-state index in [9.17, 15) is 0 Å². The Morgan fingerprint density at radius 2 is 1.44 bits per heavy atom. The first-order valence-corrected chi connectivity index (χ1v) is 8.90. The summed E-state index contributed by atoms with van der Waals surface area (Å²) in [6.45, 7) is 0. The van der Waals surface area contributed by atoms with Crippen molar-refractivity contribution in [3.63, 3.8) is 0 Å². The Kier molecular flexibility index (Phi) is 4.49. The molecule has 0 atom stereocenters. The third kappa shape index (κ3) is 3.57. The van der Waals surface area contributed by atoms with Crippen molar-refractivity contribution >= 4 is 23.5 Å². The molecule has 4 rings (SSSR count). The fraction of sp³-hybridized carbons (Fsp3) is 0. The van der Waals surface area contributed by atoms with Gasteiger partial charge in [0.15, 0.2) is 0 Å². The minimum absolute atomic E-state index is 0.967. The summed E-state index contributed by atoms with van der Waals surface area (Å²) in [6.07, 6.45) is 7.64. The Hall–Kier alpha value is -3.04. The third-order valence-electron chi connectivity index (χ3n) is 3.89. The predicted octanol–water partition coefficient (Wildman–Crippen LogP) is 6.04. The normalized spacial score (nSPS) is 11.0. The van der Waals surface area contributed by atoms with Gasteiger partial charge in [-0.2, -0.15) is 0 Å². The van der Waals surface area contributed by atoms with E-state index in [2.05, 4.69) is 70.7 Å². The van der Waals surface area contributed by atoms with Crippen molar-refractivity contribution in [2.75, 3.05) is 0 Å². The number of nitrogens with zero attached hydrogens (tertiary/aromatic N) is 2. The first-order valence-electron chi connectivity index (χ1n) is 8.09. The van der Waals surface area contributed by atoms with E-state index in [0.717, 1.165) is 21.7 Å². The molecule has 2 heterocycles. The topological polar surface area (TPSA) is 25.8 Å². The van der Waals surface area contributed by atoms with Crippen molar-refractivity contribution in [2.45, 2.75) is 0 Å². The van der Waals surface area contributed by atoms with Crippen LogP contribution in [0, 0.1) is 0 Å². The van der Waals surface area contributed by atoms with Crippen LogP contribution in [-0.4, -0.2) is 9.97 Å². The second-order valence-electron chi connectivity index (χ2n) is 5.60. The Labute approximate surface area is 151 Å². The minimum atomic E-state index is 0.967. The molecule has 120 valence electrons. The van der Waals surface area contributed by atoms with Crippen molar-refractivity contribution < 1.29 is 0 Å². The summed E-state index contributed by atoms with van der Waals surface area (Å²) in [7, 11) is 0. The van der Waals surface area contributed by atoms with Crippen LogP contribution in [0.3, 0.4) is 0 Å². The van der Waals surface area contributed by atoms with E-state index in [1.54, 1.807) is 17.7 Å². The average Bonchev–Trinajstić information content (AvgIpc) is 3.18. The second-order valence-corrected chi connectivity index (χ2v) is 6.68. The number of thiophene rings is 1. The largest absolute Gasteiger partial charge is 0.244 e. The minimum Gasteiger partial charge on any atom is -0.244 e. The maximum atomic E-state index is 4.52. The van der Waals surface area contributed by atoms with Gasteiger partial charge in [0, 0.05) is 16.6 Å². The molecule has 0 saturated carbocycles. The fourth-order valence-electron chi connectivity index (χ4n) is 2.64. The van der Waals surface area contributed by atoms with Gasteiger partial charge in [0.25, 0.3) is 0 Å². The van der Waals surface area contributed by atoms with Crippen LogP contribution in [0.25, 0.3) is 33.2 Å². The Morgan fingerprint density at radius 3 is 2.24 bits per heavy atom. The number of aromatic nitrogens is 2. The van der Waals surface area contributed by atoms with Crippen LogP contribution in [0.4, 0.5) is 0 Å². The lowest BCUT2D eigenvalue weighted by atomic mass is 10.1. The summed E-state index contributed by atoms with van der Waals surface area (Å²) in [4.78, 5) is 11.1. The molecule has 0 bridgehead atoms. The summed E-state index contributed by atoms with van der Waals surface area (Å²) in [5.41, 5.74) is 4.38. The first-order chi connectivity index (χ1) is 12.4. The molecule has 2 aromatic heterocycles. The van der Waals surface area contributed by atoms with Crippen molar-refractivity contribution in [3.05, 3.63) is 96.4 Å². The number of hydrogen-bond donors (Lipinski definition) is 0. The zero-order chi connectivity index (χ0) is 16.9. The van der Waals surface area contributed by atoms with Crippen LogP contribution in [-0.2, 0) is 0 Å². The molecule has 0 radical (unpaired) electrons. The lowest BCUT2D eigenvalue weighted by molar-refractivity contribution is 1.17. The molecule has 0 spiro atoms. The van der Waals surface area contributed by atoms with Crippen LogP contribution in [0.2, 0.25) is 0 Å². The maximum absolute atomic E-state index is 4.52. The van der Waals surface area contributed by atoms with Gasteiger partial charge in [-0.25, -0.2) is 9.97 Å². The van der Waals surface area contributed by atoms with E-state index < -0.39 is 0 Å². The van der Waals surface area contributed by atoms with E-state index in [1.165, 1.54) is 10.4 Å². The molecule has 25 heavy (non-hydrogen) atoms. The van der Waals surface area contributed by atoms with Gasteiger partial charge in [0.05, 0.1) is 10.6 Å². The molecule has 0 amide bonds. The summed E-state index contributed by atoms with van der Waals surface area (Å²) in [6, 6.07) is 25.0. The van der Waals surface area contributed by atoms with E-state index in [4.69, 9.17) is 0 Å². The molecule has 0 aliphatic rings. The highest BCUT2D eigenvalue weighted by molar-refractivity contribution is 7.18. The Balaban J connectivity index is 1.68. The van der Waals surface area contributed by atoms with Crippen LogP contribution >= 0.6 is 11.3 Å². The van der Waals surface area contributed by atoms with Gasteiger partial charge in [-0.3, -0.25) is 0 Å². The molecule has 0 aliphatic heterocycles. The average molecular weight is 340 g/mol. The maximum Gasteiger partial charge on any atom is 0.116 e. The Bertz CT molecular complexity index is 989. The van der Waals surface area contributed by atoms with Gasteiger partial charge < -0.3 is 0 Å². The zero-order valence-corrected chi connectivity index (χ0v) is 14.4. The number of hydrogen-bond acceptors (Lipinski definition) is 3. The van der Waals surface area contributed by atoms with Crippen LogP contribution in [0.5, 0.6) is 0 Å². The second kappa shape index (κ2) is 7.24. The van der Waals surface area contributed by atoms with Crippen molar-refractivity contribution in [3.8, 4) is 21.0 Å². The third-order valence-corrected chi connectivity index (χ3v) is 5.03. The molecule has 0 aliphatic carbocycles. The highest BCUT2D eigenvalue weighted by Crippen LogP contribution is 2.35. The van der Waals surface area contributed by atoms with Crippen molar-refractivity contribution in [1.29, 1.82) is 0 Å². The van der Waals surface area contributed by atoms with Gasteiger partial charge in [0.1, 0.15) is 6.33 Å². The van der Waals surface area contributed by atoms with Crippen LogP contribution < -0.4 is 0 Å². The summed E-state index contributed by atoms with van der Waals surface area (Å²) < 4.78 is 0. The highest BCUT2D eigenvalue weighted by Gasteiger charge is 2.09. The summed E-state index contributed by atoms with van der Waals surface area (Å²) in [5, 5.41) is 0. The SMILES string of the molecule is C(=C\c1cncnc1-c1ccc(-c2ccccc2)s1)/c1ccccc1. The molecule has 0 fully saturated rings. The number of benzene rings is 2. The molecule has 2 aromatic carbocycles. The molecule has 2 nitrogen and oxygen atoms in total. The standard InChI is InChI=1S/C22H16N2S/c1-3-7-17(8-4-1)11-12-19-15-23-16-24-22(19)21-14-13-20(25-21)18-9-5-2-6-10-18/h1-16H/b12-11+. The molecule has 3 heteroatoms. The fourth-order valence-corrected chi connectivity index (χ4v) is 3.67. The summed E-state index contributed by atoms with van der Waals surface area (Å²) >= 11 is 1.75. The molecular weight excluding hydrogens is 324 g/mol. The van der Waals surface area contributed by atoms with E-state index in [1.807, 2.05) is 30.5 Å². The summed E-state index contributed by atoms with van der Waals surface area (Å²) in [5.74, 6) is 0. The monoisotopic (exact) mass is 340 g/mol. The highest BCUT2D eigenvalue weighted by atomic mass is 32.1. The van der Waals surface area contributed by atoms with Gasteiger partial charge >= 0.3 is 0 Å². The molecule has 0 saturated heterocycles. The first kappa shape index (κ1) is 15.5. The van der Waals surface area contributed by atoms with Crippen LogP contribution in [0.1, 0.15) is 11.1 Å². The van der Waals surface area contributed by atoms with E-state index >= 15 is 0 Å². The lowest BCUT2D eigenvalue weighted by Gasteiger charge is -2.02. The quantitative estimate of drug-likeness (QED) is 0.452. The van der Waals surface area contributed by atoms with Gasteiger partial charge in [-0.05, 0) is 23.3 Å². The van der Waals surface area contributed by atoms with Crippen molar-refractivity contribution in [1.82, 2.24) is 9.97 Å². The van der Waals surface area contributed by atoms with E-state index in [-0.39, 0.29) is 0 Å². The van der Waals surface area contributed by atoms with E-state index in [0.29, 0.717) is 0 Å². The smallest absolute Gasteiger partial charge is 0.116 e. The molecule has 4 aromatic rings. The lowest BCUT2D eigenvalue weighted by Crippen LogP contribution is -1.87. The van der Waals surface area contributed by atoms with Crippen LogP contribution in [0.15, 0.2) is 85.3 Å². The molecule has 0 unspecified atom stereocenters. The van der Waals surface area contributed by atoms with Gasteiger partial charge in [-0.15, -0.1) is 11.3 Å². The predicted molar refractivity (Wildman–Crippen MR) is 106 cm³/mol.